The number of likely N-dealkylation sites (tertiary alicyclic amines) is 1. The summed E-state index contributed by atoms with van der Waals surface area (Å²) in [4.78, 5) is 22.4. The summed E-state index contributed by atoms with van der Waals surface area (Å²) >= 11 is 0. The van der Waals surface area contributed by atoms with E-state index in [0.29, 0.717) is 6.04 Å². The number of rotatable bonds is 3. The van der Waals surface area contributed by atoms with E-state index >= 15 is 0 Å². The zero-order valence-electron chi connectivity index (χ0n) is 11.8. The molecule has 0 saturated carbocycles. The topological polar surface area (TPSA) is 70.2 Å². The third kappa shape index (κ3) is 2.90. The predicted octanol–water partition coefficient (Wildman–Crippen LogP) is 0.550. The first-order valence-electron chi connectivity index (χ1n) is 7.29. The van der Waals surface area contributed by atoms with E-state index in [4.69, 9.17) is 0 Å². The van der Waals surface area contributed by atoms with Gasteiger partial charge in [0.2, 0.25) is 5.91 Å². The molecule has 20 heavy (non-hydrogen) atoms. The van der Waals surface area contributed by atoms with E-state index in [1.54, 1.807) is 6.33 Å². The first-order chi connectivity index (χ1) is 9.72. The molecule has 0 spiro atoms. The van der Waals surface area contributed by atoms with Crippen LogP contribution in [0.2, 0.25) is 0 Å². The summed E-state index contributed by atoms with van der Waals surface area (Å²) in [6, 6.07) is 2.50. The van der Waals surface area contributed by atoms with E-state index in [0.717, 1.165) is 50.4 Å². The Labute approximate surface area is 119 Å². The molecule has 3 heterocycles. The third-order valence-electron chi connectivity index (χ3n) is 4.15. The molecule has 2 aliphatic rings. The van der Waals surface area contributed by atoms with Crippen LogP contribution in [0.4, 0.5) is 5.82 Å². The minimum atomic E-state index is 0.0947. The van der Waals surface area contributed by atoms with Gasteiger partial charge in [0.1, 0.15) is 12.1 Å². The van der Waals surface area contributed by atoms with E-state index in [1.165, 1.54) is 0 Å². The quantitative estimate of drug-likeness (QED) is 0.843. The van der Waals surface area contributed by atoms with Crippen LogP contribution < -0.4 is 10.6 Å². The van der Waals surface area contributed by atoms with Gasteiger partial charge in [0, 0.05) is 37.4 Å². The number of hydrogen-bond acceptors (Lipinski definition) is 5. The van der Waals surface area contributed by atoms with Crippen molar-refractivity contribution in [1.82, 2.24) is 20.2 Å². The molecule has 3 rings (SSSR count). The van der Waals surface area contributed by atoms with Gasteiger partial charge in [-0.15, -0.1) is 0 Å². The van der Waals surface area contributed by atoms with Crippen LogP contribution in [0.5, 0.6) is 0 Å². The number of nitrogens with one attached hydrogen (secondary N) is 2. The van der Waals surface area contributed by atoms with Crippen LogP contribution in [0, 0.1) is 6.92 Å². The molecule has 2 aliphatic heterocycles. The van der Waals surface area contributed by atoms with Crippen molar-refractivity contribution in [2.45, 2.75) is 38.3 Å². The van der Waals surface area contributed by atoms with E-state index in [9.17, 15) is 4.79 Å². The Morgan fingerprint density at radius 3 is 2.75 bits per heavy atom. The highest BCUT2D eigenvalue weighted by Gasteiger charge is 2.32. The van der Waals surface area contributed by atoms with Crippen LogP contribution in [0.3, 0.4) is 0 Å². The van der Waals surface area contributed by atoms with Crippen LogP contribution in [-0.2, 0) is 4.79 Å². The lowest BCUT2D eigenvalue weighted by Crippen LogP contribution is -2.47. The standard InChI is InChI=1S/C14H21N5O/c1-10-8-13(17-9-16-10)18-11-3-6-19(7-4-11)12-2-5-15-14(12)20/h8-9,11-12H,2-7H2,1H3,(H,15,20)(H,16,17,18). The van der Waals surface area contributed by atoms with Gasteiger partial charge in [-0.2, -0.15) is 0 Å². The average Bonchev–Trinajstić information content (AvgIpc) is 2.86. The van der Waals surface area contributed by atoms with Crippen molar-refractivity contribution in [1.29, 1.82) is 0 Å². The van der Waals surface area contributed by atoms with Gasteiger partial charge in [-0.1, -0.05) is 0 Å². The molecular formula is C14H21N5O. The lowest BCUT2D eigenvalue weighted by atomic mass is 10.0. The van der Waals surface area contributed by atoms with Gasteiger partial charge in [-0.3, -0.25) is 9.69 Å². The molecule has 1 amide bonds. The number of piperidine rings is 1. The molecule has 0 radical (unpaired) electrons. The fourth-order valence-corrected chi connectivity index (χ4v) is 3.03. The number of carbonyl (C=O) groups excluding carboxylic acids is 1. The summed E-state index contributed by atoms with van der Waals surface area (Å²) in [7, 11) is 0. The molecule has 6 heteroatoms. The molecule has 1 atom stereocenters. The SMILES string of the molecule is Cc1cc(NC2CCN(C3CCNC3=O)CC2)ncn1. The highest BCUT2D eigenvalue weighted by atomic mass is 16.2. The maximum atomic E-state index is 11.7. The highest BCUT2D eigenvalue weighted by molar-refractivity contribution is 5.83. The average molecular weight is 275 g/mol. The molecule has 108 valence electrons. The molecule has 1 aromatic rings. The fraction of sp³-hybridized carbons (Fsp3) is 0.643. The molecule has 2 saturated heterocycles. The Kier molecular flexibility index (Phi) is 3.82. The van der Waals surface area contributed by atoms with Crippen LogP contribution >= 0.6 is 0 Å². The number of aromatic nitrogens is 2. The van der Waals surface area contributed by atoms with Crippen LogP contribution in [0.1, 0.15) is 25.0 Å². The van der Waals surface area contributed by atoms with Gasteiger partial charge in [0.25, 0.3) is 0 Å². The lowest BCUT2D eigenvalue weighted by molar-refractivity contribution is -0.124. The van der Waals surface area contributed by atoms with Gasteiger partial charge in [-0.25, -0.2) is 9.97 Å². The highest BCUT2D eigenvalue weighted by Crippen LogP contribution is 2.19. The minimum absolute atomic E-state index is 0.0947. The first kappa shape index (κ1) is 13.3. The van der Waals surface area contributed by atoms with Crippen molar-refractivity contribution < 1.29 is 4.79 Å². The maximum Gasteiger partial charge on any atom is 0.237 e. The number of aryl methyl sites for hydroxylation is 1. The van der Waals surface area contributed by atoms with E-state index < -0.39 is 0 Å². The second kappa shape index (κ2) is 5.75. The Hall–Kier alpha value is -1.69. The van der Waals surface area contributed by atoms with Crippen molar-refractivity contribution in [3.8, 4) is 0 Å². The Morgan fingerprint density at radius 1 is 1.30 bits per heavy atom. The number of amides is 1. The molecule has 1 unspecified atom stereocenters. The zero-order valence-corrected chi connectivity index (χ0v) is 11.8. The lowest BCUT2D eigenvalue weighted by Gasteiger charge is -2.35. The van der Waals surface area contributed by atoms with Crippen molar-refractivity contribution in [2.75, 3.05) is 25.0 Å². The number of carbonyl (C=O) groups is 1. The molecule has 0 aromatic carbocycles. The van der Waals surface area contributed by atoms with Gasteiger partial charge >= 0.3 is 0 Å². The van der Waals surface area contributed by atoms with E-state index in [1.807, 2.05) is 13.0 Å². The molecule has 0 aliphatic carbocycles. The van der Waals surface area contributed by atoms with Crippen molar-refractivity contribution in [3.63, 3.8) is 0 Å². The summed E-state index contributed by atoms with van der Waals surface area (Å²) < 4.78 is 0. The Morgan fingerprint density at radius 2 is 2.10 bits per heavy atom. The normalized spacial score (nSPS) is 24.6. The van der Waals surface area contributed by atoms with Crippen LogP contribution in [0.15, 0.2) is 12.4 Å². The van der Waals surface area contributed by atoms with Crippen molar-refractivity contribution in [2.24, 2.45) is 0 Å². The largest absolute Gasteiger partial charge is 0.367 e. The second-order valence-electron chi connectivity index (χ2n) is 5.59. The molecule has 6 nitrogen and oxygen atoms in total. The van der Waals surface area contributed by atoms with Crippen molar-refractivity contribution in [3.05, 3.63) is 18.1 Å². The molecule has 0 bridgehead atoms. The summed E-state index contributed by atoms with van der Waals surface area (Å²) in [6.07, 6.45) is 4.64. The maximum absolute atomic E-state index is 11.7. The molecule has 2 fully saturated rings. The second-order valence-corrected chi connectivity index (χ2v) is 5.59. The van der Waals surface area contributed by atoms with Gasteiger partial charge in [-0.05, 0) is 26.2 Å². The van der Waals surface area contributed by atoms with E-state index in [2.05, 4.69) is 25.5 Å². The number of nitrogens with zero attached hydrogens (tertiary/aromatic N) is 3. The van der Waals surface area contributed by atoms with Gasteiger partial charge in [0.05, 0.1) is 6.04 Å². The molecule has 2 N–H and O–H groups in total. The fourth-order valence-electron chi connectivity index (χ4n) is 3.03. The van der Waals surface area contributed by atoms with E-state index in [-0.39, 0.29) is 11.9 Å². The van der Waals surface area contributed by atoms with Gasteiger partial charge in [0.15, 0.2) is 0 Å². The van der Waals surface area contributed by atoms with Crippen LogP contribution in [0.25, 0.3) is 0 Å². The Bertz CT molecular complexity index is 484. The summed E-state index contributed by atoms with van der Waals surface area (Å²) in [5, 5.41) is 6.38. The predicted molar refractivity (Wildman–Crippen MR) is 76.4 cm³/mol. The number of hydrogen-bond donors (Lipinski definition) is 2. The summed E-state index contributed by atoms with van der Waals surface area (Å²) in [6.45, 7) is 4.73. The van der Waals surface area contributed by atoms with Crippen molar-refractivity contribution >= 4 is 11.7 Å². The van der Waals surface area contributed by atoms with Crippen LogP contribution in [-0.4, -0.2) is 52.5 Å². The van der Waals surface area contributed by atoms with Gasteiger partial charge < -0.3 is 10.6 Å². The Balaban J connectivity index is 1.52. The zero-order chi connectivity index (χ0) is 13.9. The molecular weight excluding hydrogens is 254 g/mol. The third-order valence-corrected chi connectivity index (χ3v) is 4.15. The summed E-state index contributed by atoms with van der Waals surface area (Å²) in [5.41, 5.74) is 0.975. The minimum Gasteiger partial charge on any atom is -0.367 e. The smallest absolute Gasteiger partial charge is 0.237 e. The molecule has 1 aromatic heterocycles. The monoisotopic (exact) mass is 275 g/mol. The summed E-state index contributed by atoms with van der Waals surface area (Å²) in [5.74, 6) is 1.09. The number of anilines is 1. The first-order valence-corrected chi connectivity index (χ1v) is 7.29.